The minimum atomic E-state index is -0.982. The van der Waals surface area contributed by atoms with E-state index in [-0.39, 0.29) is 11.0 Å². The number of ether oxygens (including phenoxy) is 3. The third-order valence-electron chi connectivity index (χ3n) is 4.20. The van der Waals surface area contributed by atoms with Gasteiger partial charge in [-0.3, -0.25) is 14.5 Å². The smallest absolute Gasteiger partial charge is 0.328 e. The maximum absolute atomic E-state index is 12.6. The van der Waals surface area contributed by atoms with Crippen LogP contribution in [0, 0.1) is 3.57 Å². The third kappa shape index (κ3) is 4.80. The minimum Gasteiger partial charge on any atom is -0.493 e. The fraction of sp³-hybridized carbons (Fsp3) is 0.421. The van der Waals surface area contributed by atoms with Crippen LogP contribution in [-0.2, 0) is 14.3 Å². The third-order valence-corrected chi connectivity index (χ3v) is 5.88. The van der Waals surface area contributed by atoms with Crippen LogP contribution >= 0.6 is 34.4 Å². The van der Waals surface area contributed by atoms with Crippen LogP contribution in [0.3, 0.4) is 0 Å². The number of imide groups is 1. The molecule has 1 fully saturated rings. The average molecular weight is 519 g/mol. The van der Waals surface area contributed by atoms with Crippen molar-refractivity contribution in [3.63, 3.8) is 0 Å². The first-order valence-corrected chi connectivity index (χ1v) is 10.5. The van der Waals surface area contributed by atoms with E-state index in [1.807, 2.05) is 19.9 Å². The largest absolute Gasteiger partial charge is 0.493 e. The molecule has 1 aromatic rings. The number of thioether (sulfide) groups is 1. The zero-order chi connectivity index (χ0) is 21.0. The predicted molar refractivity (Wildman–Crippen MR) is 115 cm³/mol. The molecule has 2 rings (SSSR count). The summed E-state index contributed by atoms with van der Waals surface area (Å²) < 4.78 is 16.8. The van der Waals surface area contributed by atoms with Crippen LogP contribution in [-0.4, -0.2) is 48.4 Å². The zero-order valence-electron chi connectivity index (χ0n) is 16.3. The van der Waals surface area contributed by atoms with E-state index in [1.165, 1.54) is 14.0 Å². The molecule has 1 aliphatic rings. The van der Waals surface area contributed by atoms with Gasteiger partial charge in [0.25, 0.3) is 11.1 Å². The van der Waals surface area contributed by atoms with Gasteiger partial charge in [-0.2, -0.15) is 0 Å². The molecule has 1 aliphatic heterocycles. The number of hydrogen-bond acceptors (Lipinski definition) is 7. The summed E-state index contributed by atoms with van der Waals surface area (Å²) in [4.78, 5) is 37.7. The molecule has 1 saturated heterocycles. The number of methoxy groups -OCH3 is 2. The van der Waals surface area contributed by atoms with Crippen LogP contribution in [0.1, 0.15) is 32.8 Å². The van der Waals surface area contributed by atoms with Crippen LogP contribution in [0.15, 0.2) is 17.0 Å². The van der Waals surface area contributed by atoms with Crippen LogP contribution < -0.4 is 9.47 Å². The molecule has 0 saturated carbocycles. The fourth-order valence-corrected chi connectivity index (χ4v) is 4.12. The second-order valence-electron chi connectivity index (χ2n) is 6.12. The lowest BCUT2D eigenvalue weighted by Gasteiger charge is -2.18. The van der Waals surface area contributed by atoms with Gasteiger partial charge in [0.05, 0.1) is 28.8 Å². The Hall–Kier alpha value is -1.75. The maximum Gasteiger partial charge on any atom is 0.328 e. The number of esters is 1. The van der Waals surface area contributed by atoms with Crippen LogP contribution in [0.25, 0.3) is 6.08 Å². The first-order chi connectivity index (χ1) is 13.2. The summed E-state index contributed by atoms with van der Waals surface area (Å²) in [6.45, 7) is 5.46. The summed E-state index contributed by atoms with van der Waals surface area (Å²) in [5.74, 6) is 0.00995. The summed E-state index contributed by atoms with van der Waals surface area (Å²) in [5, 5.41) is -0.507. The first-order valence-electron chi connectivity index (χ1n) is 8.62. The quantitative estimate of drug-likeness (QED) is 0.305. The van der Waals surface area contributed by atoms with Crippen molar-refractivity contribution in [2.75, 3.05) is 14.2 Å². The lowest BCUT2D eigenvalue weighted by Crippen LogP contribution is -2.42. The molecule has 0 aliphatic carbocycles. The van der Waals surface area contributed by atoms with Crippen LogP contribution in [0.4, 0.5) is 4.79 Å². The van der Waals surface area contributed by atoms with E-state index in [0.717, 1.165) is 26.7 Å². The van der Waals surface area contributed by atoms with Gasteiger partial charge in [-0.1, -0.05) is 6.92 Å². The molecule has 0 bridgehead atoms. The molecule has 152 valence electrons. The Bertz CT molecular complexity index is 825. The molecule has 1 heterocycles. The predicted octanol–water partition coefficient (Wildman–Crippen LogP) is 4.07. The highest BCUT2D eigenvalue weighted by atomic mass is 127. The molecule has 2 amide bonds. The number of halogens is 1. The van der Waals surface area contributed by atoms with Gasteiger partial charge in [-0.05, 0) is 78.4 Å². The molecule has 1 aromatic carbocycles. The van der Waals surface area contributed by atoms with Gasteiger partial charge >= 0.3 is 5.97 Å². The van der Waals surface area contributed by atoms with Gasteiger partial charge < -0.3 is 14.2 Å². The lowest BCUT2D eigenvalue weighted by molar-refractivity contribution is -0.148. The highest BCUT2D eigenvalue weighted by Crippen LogP contribution is 2.38. The summed E-state index contributed by atoms with van der Waals surface area (Å²) >= 11 is 2.93. The molecule has 0 N–H and O–H groups in total. The molecule has 2 atom stereocenters. The molecule has 0 unspecified atom stereocenters. The van der Waals surface area contributed by atoms with Crippen molar-refractivity contribution in [1.82, 2.24) is 4.90 Å². The molecular weight excluding hydrogens is 497 g/mol. The van der Waals surface area contributed by atoms with Gasteiger partial charge in [0.15, 0.2) is 11.5 Å². The van der Waals surface area contributed by atoms with E-state index in [0.29, 0.717) is 17.1 Å². The average Bonchev–Trinajstić information content (AvgIpc) is 2.95. The number of rotatable bonds is 7. The molecule has 0 spiro atoms. The SMILES string of the molecule is CC[C@@H](C)Oc1c(I)cc(/C=C2/SC(=O)N([C@@H](C)C(=O)OC)C2=O)cc1OC. The van der Waals surface area contributed by atoms with E-state index in [4.69, 9.17) is 9.47 Å². The van der Waals surface area contributed by atoms with Gasteiger partial charge in [0.1, 0.15) is 6.04 Å². The highest BCUT2D eigenvalue weighted by molar-refractivity contribution is 14.1. The summed E-state index contributed by atoms with van der Waals surface area (Å²) in [7, 11) is 2.76. The van der Waals surface area contributed by atoms with Crippen molar-refractivity contribution >= 4 is 57.5 Å². The number of benzene rings is 1. The maximum atomic E-state index is 12.6. The summed E-state index contributed by atoms with van der Waals surface area (Å²) in [6, 6.07) is 2.61. The van der Waals surface area contributed by atoms with Gasteiger partial charge in [-0.15, -0.1) is 0 Å². The van der Waals surface area contributed by atoms with Crippen molar-refractivity contribution in [3.8, 4) is 11.5 Å². The van der Waals surface area contributed by atoms with Crippen LogP contribution in [0.2, 0.25) is 0 Å². The Kier molecular flexibility index (Phi) is 7.76. The molecule has 7 nitrogen and oxygen atoms in total. The van der Waals surface area contributed by atoms with Crippen molar-refractivity contribution in [3.05, 3.63) is 26.2 Å². The Morgan fingerprint density at radius 2 is 1.96 bits per heavy atom. The fourth-order valence-electron chi connectivity index (χ4n) is 2.46. The molecule has 0 radical (unpaired) electrons. The minimum absolute atomic E-state index is 0.0320. The number of amides is 2. The number of carbonyl (C=O) groups excluding carboxylic acids is 3. The number of nitrogens with zero attached hydrogens (tertiary/aromatic N) is 1. The van der Waals surface area contributed by atoms with E-state index in [9.17, 15) is 14.4 Å². The Morgan fingerprint density at radius 3 is 2.54 bits per heavy atom. The Labute approximate surface area is 181 Å². The van der Waals surface area contributed by atoms with Gasteiger partial charge in [0, 0.05) is 0 Å². The molecule has 0 aromatic heterocycles. The van der Waals surface area contributed by atoms with Crippen molar-refractivity contribution in [2.24, 2.45) is 0 Å². The Morgan fingerprint density at radius 1 is 1.29 bits per heavy atom. The second kappa shape index (κ2) is 9.64. The normalized spacial score (nSPS) is 17.6. The van der Waals surface area contributed by atoms with E-state index in [2.05, 4.69) is 27.3 Å². The summed E-state index contributed by atoms with van der Waals surface area (Å²) in [6.07, 6.45) is 2.49. The van der Waals surface area contributed by atoms with E-state index < -0.39 is 23.2 Å². The molecular formula is C19H22INO6S. The van der Waals surface area contributed by atoms with E-state index in [1.54, 1.807) is 19.3 Å². The summed E-state index contributed by atoms with van der Waals surface area (Å²) in [5.41, 5.74) is 0.689. The van der Waals surface area contributed by atoms with Crippen LogP contribution in [0.5, 0.6) is 11.5 Å². The topological polar surface area (TPSA) is 82.1 Å². The highest BCUT2D eigenvalue weighted by Gasteiger charge is 2.41. The van der Waals surface area contributed by atoms with Crippen molar-refractivity contribution < 1.29 is 28.6 Å². The number of carbonyl (C=O) groups is 3. The monoisotopic (exact) mass is 519 g/mol. The van der Waals surface area contributed by atoms with Crippen molar-refractivity contribution in [2.45, 2.75) is 39.3 Å². The lowest BCUT2D eigenvalue weighted by atomic mass is 10.1. The van der Waals surface area contributed by atoms with Gasteiger partial charge in [-0.25, -0.2) is 4.79 Å². The number of hydrogen-bond donors (Lipinski definition) is 0. The van der Waals surface area contributed by atoms with Gasteiger partial charge in [0.2, 0.25) is 0 Å². The van der Waals surface area contributed by atoms with E-state index >= 15 is 0 Å². The standard InChI is InChI=1S/C19H22INO6S/c1-6-10(2)27-16-13(20)7-12(8-14(16)25-4)9-15-17(22)21(19(24)28-15)11(3)18(23)26-5/h7-11H,6H2,1-5H3/b15-9+/t10-,11+/m1/s1. The molecule has 9 heteroatoms. The second-order valence-corrected chi connectivity index (χ2v) is 8.28. The zero-order valence-corrected chi connectivity index (χ0v) is 19.3. The molecule has 28 heavy (non-hydrogen) atoms. The Balaban J connectivity index is 2.35. The van der Waals surface area contributed by atoms with Crippen molar-refractivity contribution in [1.29, 1.82) is 0 Å². The first kappa shape index (κ1) is 22.5.